The minimum atomic E-state index is -0.0814. The lowest BCUT2D eigenvalue weighted by Crippen LogP contribution is -2.31. The summed E-state index contributed by atoms with van der Waals surface area (Å²) in [7, 11) is 1.83. The number of carbonyl (C=O) groups is 1. The monoisotopic (exact) mass is 358 g/mol. The second kappa shape index (κ2) is 7.99. The minimum Gasteiger partial charge on any atom is -0.323 e. The molecule has 0 spiro atoms. The van der Waals surface area contributed by atoms with Crippen LogP contribution in [-0.2, 0) is 6.54 Å². The molecule has 0 radical (unpaired) electrons. The summed E-state index contributed by atoms with van der Waals surface area (Å²) in [4.78, 5) is 14.2. The zero-order chi connectivity index (χ0) is 16.9. The van der Waals surface area contributed by atoms with Gasteiger partial charge in [0.1, 0.15) is 0 Å². The fourth-order valence-corrected chi connectivity index (χ4v) is 5.49. The lowest BCUT2D eigenvalue weighted by Gasteiger charge is -2.19. The van der Waals surface area contributed by atoms with E-state index in [2.05, 4.69) is 36.5 Å². The number of hydrogen-bond acceptors (Lipinski definition) is 3. The van der Waals surface area contributed by atoms with E-state index in [1.54, 1.807) is 4.90 Å². The molecule has 0 bridgehead atoms. The summed E-state index contributed by atoms with van der Waals surface area (Å²) in [6, 6.07) is 16.3. The summed E-state index contributed by atoms with van der Waals surface area (Å²) in [5, 5.41) is 3.01. The highest BCUT2D eigenvalue weighted by atomic mass is 32.2. The highest BCUT2D eigenvalue weighted by molar-refractivity contribution is 8.19. The molecule has 126 valence electrons. The Morgan fingerprint density at radius 1 is 1.17 bits per heavy atom. The molecule has 5 heteroatoms. The SMILES string of the molecule is Cc1ccccc1CN(C)C(=O)Nc1cccc(C2SCCS2)c1. The molecule has 1 saturated heterocycles. The van der Waals surface area contributed by atoms with E-state index in [4.69, 9.17) is 0 Å². The first-order valence-electron chi connectivity index (χ1n) is 8.03. The molecule has 0 aliphatic carbocycles. The van der Waals surface area contributed by atoms with Crippen LogP contribution in [0, 0.1) is 6.92 Å². The van der Waals surface area contributed by atoms with Gasteiger partial charge in [0.25, 0.3) is 0 Å². The molecule has 1 N–H and O–H groups in total. The highest BCUT2D eigenvalue weighted by Crippen LogP contribution is 2.45. The number of urea groups is 1. The summed E-state index contributed by atoms with van der Waals surface area (Å²) in [6.45, 7) is 2.67. The van der Waals surface area contributed by atoms with Gasteiger partial charge in [0.05, 0.1) is 4.58 Å². The third-order valence-corrected chi connectivity index (χ3v) is 7.15. The van der Waals surface area contributed by atoms with Gasteiger partial charge >= 0.3 is 6.03 Å². The number of rotatable bonds is 4. The number of aryl methyl sites for hydroxylation is 1. The number of amides is 2. The van der Waals surface area contributed by atoms with Gasteiger partial charge in [-0.15, -0.1) is 23.5 Å². The van der Waals surface area contributed by atoms with Gasteiger partial charge in [0, 0.05) is 30.8 Å². The largest absolute Gasteiger partial charge is 0.323 e. The van der Waals surface area contributed by atoms with E-state index in [0.29, 0.717) is 11.1 Å². The van der Waals surface area contributed by atoms with E-state index in [9.17, 15) is 4.79 Å². The van der Waals surface area contributed by atoms with Crippen molar-refractivity contribution in [1.29, 1.82) is 0 Å². The average molecular weight is 359 g/mol. The fraction of sp³-hybridized carbons (Fsp3) is 0.316. The van der Waals surface area contributed by atoms with Crippen LogP contribution in [0.1, 0.15) is 21.3 Å². The van der Waals surface area contributed by atoms with E-state index in [1.165, 1.54) is 28.2 Å². The molecule has 3 nitrogen and oxygen atoms in total. The number of nitrogens with one attached hydrogen (secondary N) is 1. The van der Waals surface area contributed by atoms with Gasteiger partial charge in [-0.3, -0.25) is 0 Å². The van der Waals surface area contributed by atoms with E-state index in [0.717, 1.165) is 5.69 Å². The number of anilines is 1. The van der Waals surface area contributed by atoms with Crippen molar-refractivity contribution in [3.8, 4) is 0 Å². The smallest absolute Gasteiger partial charge is 0.321 e. The molecule has 1 heterocycles. The van der Waals surface area contributed by atoms with Crippen LogP contribution in [0.15, 0.2) is 48.5 Å². The Morgan fingerprint density at radius 3 is 2.67 bits per heavy atom. The third-order valence-electron chi connectivity index (χ3n) is 4.05. The van der Waals surface area contributed by atoms with Gasteiger partial charge in [-0.25, -0.2) is 4.79 Å². The van der Waals surface area contributed by atoms with Crippen LogP contribution in [0.3, 0.4) is 0 Å². The quantitative estimate of drug-likeness (QED) is 0.821. The van der Waals surface area contributed by atoms with Gasteiger partial charge < -0.3 is 10.2 Å². The predicted molar refractivity (Wildman–Crippen MR) is 106 cm³/mol. The second-order valence-corrected chi connectivity index (χ2v) is 8.64. The summed E-state index contributed by atoms with van der Waals surface area (Å²) in [6.07, 6.45) is 0. The molecule has 1 aliphatic heterocycles. The Bertz CT molecular complexity index is 714. The highest BCUT2D eigenvalue weighted by Gasteiger charge is 2.19. The molecule has 1 aliphatic rings. The van der Waals surface area contributed by atoms with E-state index in [1.807, 2.05) is 54.8 Å². The minimum absolute atomic E-state index is 0.0814. The van der Waals surface area contributed by atoms with Crippen molar-refractivity contribution in [2.45, 2.75) is 18.1 Å². The molecule has 2 amide bonds. The predicted octanol–water partition coefficient (Wildman–Crippen LogP) is 5.14. The maximum atomic E-state index is 12.5. The van der Waals surface area contributed by atoms with Crippen LogP contribution >= 0.6 is 23.5 Å². The molecule has 3 rings (SSSR count). The molecular weight excluding hydrogens is 336 g/mol. The van der Waals surface area contributed by atoms with Crippen LogP contribution in [0.2, 0.25) is 0 Å². The van der Waals surface area contributed by atoms with Crippen molar-refractivity contribution in [3.63, 3.8) is 0 Å². The zero-order valence-electron chi connectivity index (χ0n) is 14.0. The van der Waals surface area contributed by atoms with Gasteiger partial charge in [-0.1, -0.05) is 36.4 Å². The summed E-state index contributed by atoms with van der Waals surface area (Å²) < 4.78 is 0.492. The summed E-state index contributed by atoms with van der Waals surface area (Å²) >= 11 is 3.95. The van der Waals surface area contributed by atoms with Crippen molar-refractivity contribution in [3.05, 3.63) is 65.2 Å². The van der Waals surface area contributed by atoms with Crippen LogP contribution in [0.4, 0.5) is 10.5 Å². The molecule has 1 fully saturated rings. The average Bonchev–Trinajstić information content (AvgIpc) is 3.12. The Labute approximate surface area is 152 Å². The van der Waals surface area contributed by atoms with Crippen molar-refractivity contribution < 1.29 is 4.79 Å². The van der Waals surface area contributed by atoms with Crippen LogP contribution in [-0.4, -0.2) is 29.5 Å². The summed E-state index contributed by atoms with van der Waals surface area (Å²) in [5.74, 6) is 2.40. The number of carbonyl (C=O) groups excluding carboxylic acids is 1. The van der Waals surface area contributed by atoms with Gasteiger partial charge in [-0.05, 0) is 35.7 Å². The topological polar surface area (TPSA) is 32.3 Å². The maximum absolute atomic E-state index is 12.5. The van der Waals surface area contributed by atoms with Crippen LogP contribution < -0.4 is 5.32 Å². The van der Waals surface area contributed by atoms with Crippen molar-refractivity contribution in [2.75, 3.05) is 23.9 Å². The number of thioether (sulfide) groups is 2. The van der Waals surface area contributed by atoms with Crippen LogP contribution in [0.5, 0.6) is 0 Å². The van der Waals surface area contributed by atoms with Gasteiger partial charge in [-0.2, -0.15) is 0 Å². The van der Waals surface area contributed by atoms with Gasteiger partial charge in [0.2, 0.25) is 0 Å². The fourth-order valence-electron chi connectivity index (χ4n) is 2.65. The second-order valence-electron chi connectivity index (χ2n) is 5.91. The number of hydrogen-bond donors (Lipinski definition) is 1. The van der Waals surface area contributed by atoms with Crippen LogP contribution in [0.25, 0.3) is 0 Å². The molecule has 2 aromatic rings. The standard InChI is InChI=1S/C19H22N2OS2/c1-14-6-3-4-7-16(14)13-21(2)19(22)20-17-9-5-8-15(12-17)18-23-10-11-24-18/h3-9,12,18H,10-11,13H2,1-2H3,(H,20,22). The lowest BCUT2D eigenvalue weighted by atomic mass is 10.1. The lowest BCUT2D eigenvalue weighted by molar-refractivity contribution is 0.220. The maximum Gasteiger partial charge on any atom is 0.321 e. The molecular formula is C19H22N2OS2. The first kappa shape index (κ1) is 17.2. The first-order chi connectivity index (χ1) is 11.6. The van der Waals surface area contributed by atoms with Crippen molar-refractivity contribution in [2.24, 2.45) is 0 Å². The molecule has 0 saturated carbocycles. The van der Waals surface area contributed by atoms with Crippen molar-refractivity contribution >= 4 is 35.2 Å². The van der Waals surface area contributed by atoms with Crippen molar-refractivity contribution in [1.82, 2.24) is 4.90 Å². The number of nitrogens with zero attached hydrogens (tertiary/aromatic N) is 1. The van der Waals surface area contributed by atoms with Gasteiger partial charge in [0.15, 0.2) is 0 Å². The molecule has 0 atom stereocenters. The normalized spacial score (nSPS) is 14.6. The summed E-state index contributed by atoms with van der Waals surface area (Å²) in [5.41, 5.74) is 4.51. The molecule has 2 aromatic carbocycles. The third kappa shape index (κ3) is 4.28. The van der Waals surface area contributed by atoms with E-state index >= 15 is 0 Å². The molecule has 24 heavy (non-hydrogen) atoms. The number of benzene rings is 2. The molecule has 0 unspecified atom stereocenters. The Kier molecular flexibility index (Phi) is 5.74. The first-order valence-corrected chi connectivity index (χ1v) is 10.1. The Hall–Kier alpha value is -1.59. The zero-order valence-corrected chi connectivity index (χ0v) is 15.6. The van der Waals surface area contributed by atoms with E-state index < -0.39 is 0 Å². The molecule has 0 aromatic heterocycles. The Morgan fingerprint density at radius 2 is 1.92 bits per heavy atom. The Balaban J connectivity index is 1.63. The van der Waals surface area contributed by atoms with E-state index in [-0.39, 0.29) is 6.03 Å².